The van der Waals surface area contributed by atoms with Gasteiger partial charge < -0.3 is 9.84 Å². The first-order valence-corrected chi connectivity index (χ1v) is 5.95. The summed E-state index contributed by atoms with van der Waals surface area (Å²) in [6.07, 6.45) is 0.323. The number of nitriles is 1. The van der Waals surface area contributed by atoms with E-state index in [0.29, 0.717) is 17.9 Å². The minimum absolute atomic E-state index is 0.0108. The molecule has 0 bridgehead atoms. The molecule has 0 spiro atoms. The first-order chi connectivity index (χ1) is 9.60. The highest BCUT2D eigenvalue weighted by atomic mass is 16.5. The number of hydrogen-bond acceptors (Lipinski definition) is 4. The fourth-order valence-corrected chi connectivity index (χ4v) is 1.65. The fraction of sp³-hybridized carbons (Fsp3) is 0.133. The summed E-state index contributed by atoms with van der Waals surface area (Å²) in [5.74, 6) is -0.550. The summed E-state index contributed by atoms with van der Waals surface area (Å²) in [6.45, 7) is 1.76. The minimum atomic E-state index is -1.09. The van der Waals surface area contributed by atoms with Crippen LogP contribution in [0.2, 0.25) is 0 Å². The third-order valence-corrected chi connectivity index (χ3v) is 2.65. The Morgan fingerprint density at radius 2 is 2.00 bits per heavy atom. The number of pyridine rings is 1. The predicted octanol–water partition coefficient (Wildman–Crippen LogP) is 2.95. The lowest BCUT2D eigenvalue weighted by atomic mass is 10.2. The number of rotatable bonds is 4. The maximum absolute atomic E-state index is 11.1. The first kappa shape index (κ1) is 13.6. The van der Waals surface area contributed by atoms with Crippen LogP contribution in [0.25, 0.3) is 0 Å². The predicted molar refractivity (Wildman–Crippen MR) is 71.8 cm³/mol. The lowest BCUT2D eigenvalue weighted by molar-refractivity contribution is 0.0693. The Morgan fingerprint density at radius 1 is 1.30 bits per heavy atom. The molecule has 1 aromatic carbocycles. The molecule has 2 aromatic rings. The lowest BCUT2D eigenvalue weighted by Crippen LogP contribution is -2.02. The zero-order chi connectivity index (χ0) is 14.5. The molecule has 0 aliphatic rings. The van der Waals surface area contributed by atoms with Gasteiger partial charge in [-0.1, -0.05) is 12.1 Å². The van der Waals surface area contributed by atoms with Crippen LogP contribution < -0.4 is 4.74 Å². The molecule has 0 saturated heterocycles. The Hall–Kier alpha value is -2.87. The maximum Gasteiger partial charge on any atom is 0.341 e. The zero-order valence-electron chi connectivity index (χ0n) is 10.8. The fourth-order valence-electron chi connectivity index (χ4n) is 1.65. The summed E-state index contributed by atoms with van der Waals surface area (Å²) >= 11 is 0. The number of aromatic nitrogens is 1. The van der Waals surface area contributed by atoms with Crippen molar-refractivity contribution in [3.63, 3.8) is 0 Å². The smallest absolute Gasteiger partial charge is 0.341 e. The van der Waals surface area contributed by atoms with Crippen LogP contribution in [0.3, 0.4) is 0 Å². The van der Waals surface area contributed by atoms with Crippen LogP contribution in [-0.2, 0) is 6.42 Å². The highest BCUT2D eigenvalue weighted by Crippen LogP contribution is 2.24. The van der Waals surface area contributed by atoms with E-state index in [2.05, 4.69) is 11.1 Å². The summed E-state index contributed by atoms with van der Waals surface area (Å²) in [5.41, 5.74) is 1.55. The molecule has 0 saturated carbocycles. The van der Waals surface area contributed by atoms with E-state index in [1.165, 1.54) is 6.07 Å². The second-order valence-electron chi connectivity index (χ2n) is 4.19. The molecular weight excluding hydrogens is 256 g/mol. The van der Waals surface area contributed by atoms with Crippen molar-refractivity contribution in [2.75, 3.05) is 0 Å². The number of benzene rings is 1. The van der Waals surface area contributed by atoms with Crippen LogP contribution in [0.4, 0.5) is 0 Å². The highest BCUT2D eigenvalue weighted by Gasteiger charge is 2.13. The average Bonchev–Trinajstić information content (AvgIpc) is 2.41. The van der Waals surface area contributed by atoms with Gasteiger partial charge in [-0.05, 0) is 36.8 Å². The number of carboxylic acid groups (broad SMARTS) is 1. The largest absolute Gasteiger partial charge is 0.477 e. The van der Waals surface area contributed by atoms with Gasteiger partial charge in [0.1, 0.15) is 11.3 Å². The summed E-state index contributed by atoms with van der Waals surface area (Å²) in [6, 6.07) is 12.0. The van der Waals surface area contributed by atoms with Crippen LogP contribution in [0.5, 0.6) is 11.6 Å². The van der Waals surface area contributed by atoms with E-state index in [9.17, 15) is 4.79 Å². The summed E-state index contributed by atoms with van der Waals surface area (Å²) in [7, 11) is 0. The van der Waals surface area contributed by atoms with Gasteiger partial charge in [0.05, 0.1) is 12.5 Å². The SMILES string of the molecule is Cc1ccc(C(=O)O)c(Oc2ccc(CC#N)cc2)n1. The average molecular weight is 268 g/mol. The summed E-state index contributed by atoms with van der Waals surface area (Å²) in [5, 5.41) is 17.7. The van der Waals surface area contributed by atoms with Crippen LogP contribution in [-0.4, -0.2) is 16.1 Å². The zero-order valence-corrected chi connectivity index (χ0v) is 10.8. The maximum atomic E-state index is 11.1. The van der Waals surface area contributed by atoms with E-state index in [1.807, 2.05) is 0 Å². The number of ether oxygens (including phenoxy) is 1. The molecular formula is C15H12N2O3. The number of carboxylic acids is 1. The Morgan fingerprint density at radius 3 is 2.60 bits per heavy atom. The van der Waals surface area contributed by atoms with E-state index in [1.54, 1.807) is 37.3 Å². The molecule has 0 aliphatic heterocycles. The quantitative estimate of drug-likeness (QED) is 0.921. The normalized spacial score (nSPS) is 9.80. The van der Waals surface area contributed by atoms with Gasteiger partial charge in [-0.2, -0.15) is 5.26 Å². The van der Waals surface area contributed by atoms with Crippen molar-refractivity contribution in [2.45, 2.75) is 13.3 Å². The van der Waals surface area contributed by atoms with Crippen molar-refractivity contribution in [3.8, 4) is 17.7 Å². The van der Waals surface area contributed by atoms with Gasteiger partial charge in [0, 0.05) is 5.69 Å². The standard InChI is InChI=1S/C15H12N2O3/c1-10-2-7-13(15(18)19)14(17-10)20-12-5-3-11(4-6-12)8-9-16/h2-7H,8H2,1H3,(H,18,19). The molecule has 0 fully saturated rings. The molecule has 100 valence electrons. The minimum Gasteiger partial charge on any atom is -0.477 e. The Bertz CT molecular complexity index is 673. The monoisotopic (exact) mass is 268 g/mol. The number of carbonyl (C=O) groups is 1. The van der Waals surface area contributed by atoms with Crippen LogP contribution >= 0.6 is 0 Å². The van der Waals surface area contributed by atoms with Gasteiger partial charge in [0.25, 0.3) is 0 Å². The molecule has 20 heavy (non-hydrogen) atoms. The molecule has 0 atom stereocenters. The molecule has 1 aromatic heterocycles. The molecule has 5 nitrogen and oxygen atoms in total. The second kappa shape index (κ2) is 5.85. The van der Waals surface area contributed by atoms with E-state index >= 15 is 0 Å². The Balaban J connectivity index is 2.27. The van der Waals surface area contributed by atoms with Crippen molar-refractivity contribution >= 4 is 5.97 Å². The molecule has 2 rings (SSSR count). The van der Waals surface area contributed by atoms with E-state index in [0.717, 1.165) is 5.56 Å². The van der Waals surface area contributed by atoms with Gasteiger partial charge >= 0.3 is 5.97 Å². The van der Waals surface area contributed by atoms with Crippen LogP contribution in [0.15, 0.2) is 36.4 Å². The van der Waals surface area contributed by atoms with Crippen molar-refractivity contribution < 1.29 is 14.6 Å². The van der Waals surface area contributed by atoms with Crippen molar-refractivity contribution in [3.05, 3.63) is 53.2 Å². The van der Waals surface area contributed by atoms with Crippen molar-refractivity contribution in [1.82, 2.24) is 4.98 Å². The van der Waals surface area contributed by atoms with Gasteiger partial charge in [-0.3, -0.25) is 0 Å². The van der Waals surface area contributed by atoms with Crippen molar-refractivity contribution in [2.24, 2.45) is 0 Å². The molecule has 1 heterocycles. The Labute approximate surface area is 116 Å². The summed E-state index contributed by atoms with van der Waals surface area (Å²) < 4.78 is 5.51. The van der Waals surface area contributed by atoms with Gasteiger partial charge in [0.15, 0.2) is 0 Å². The number of hydrogen-bond donors (Lipinski definition) is 1. The van der Waals surface area contributed by atoms with Gasteiger partial charge in [0.2, 0.25) is 5.88 Å². The molecule has 0 radical (unpaired) electrons. The molecule has 0 aliphatic carbocycles. The Kier molecular flexibility index (Phi) is 3.96. The third-order valence-electron chi connectivity index (χ3n) is 2.65. The summed E-state index contributed by atoms with van der Waals surface area (Å²) in [4.78, 5) is 15.2. The molecule has 5 heteroatoms. The topological polar surface area (TPSA) is 83.2 Å². The number of nitrogens with zero attached hydrogens (tertiary/aromatic N) is 2. The van der Waals surface area contributed by atoms with E-state index in [4.69, 9.17) is 15.1 Å². The lowest BCUT2D eigenvalue weighted by Gasteiger charge is -2.08. The van der Waals surface area contributed by atoms with Gasteiger partial charge in [-0.15, -0.1) is 0 Å². The van der Waals surface area contributed by atoms with E-state index in [-0.39, 0.29) is 11.4 Å². The first-order valence-electron chi connectivity index (χ1n) is 5.95. The van der Waals surface area contributed by atoms with Crippen LogP contribution in [0, 0.1) is 18.3 Å². The van der Waals surface area contributed by atoms with Gasteiger partial charge in [-0.25, -0.2) is 9.78 Å². The number of aryl methyl sites for hydroxylation is 1. The van der Waals surface area contributed by atoms with E-state index < -0.39 is 5.97 Å². The molecule has 1 N–H and O–H groups in total. The van der Waals surface area contributed by atoms with Crippen molar-refractivity contribution in [1.29, 1.82) is 5.26 Å². The van der Waals surface area contributed by atoms with Crippen LogP contribution in [0.1, 0.15) is 21.6 Å². The second-order valence-corrected chi connectivity index (χ2v) is 4.19. The molecule has 0 unspecified atom stereocenters. The highest BCUT2D eigenvalue weighted by molar-refractivity contribution is 5.90. The number of aromatic carboxylic acids is 1. The molecule has 0 amide bonds. The third kappa shape index (κ3) is 3.12.